The Labute approximate surface area is 199 Å². The largest absolute Gasteiger partial charge is 0.457 e. The van der Waals surface area contributed by atoms with Gasteiger partial charge in [-0.2, -0.15) is 5.10 Å². The van der Waals surface area contributed by atoms with Gasteiger partial charge in [0.25, 0.3) is 5.56 Å². The molecule has 1 amide bonds. The van der Waals surface area contributed by atoms with Crippen LogP contribution < -0.4 is 21.4 Å². The van der Waals surface area contributed by atoms with Gasteiger partial charge in [0.05, 0.1) is 12.8 Å². The number of amides is 1. The third kappa shape index (κ3) is 6.02. The molecule has 1 fully saturated rings. The molecule has 2 heterocycles. The summed E-state index contributed by atoms with van der Waals surface area (Å²) in [6, 6.07) is 16.5. The number of aromatic amines is 1. The lowest BCUT2D eigenvalue weighted by atomic mass is 10.2. The van der Waals surface area contributed by atoms with E-state index < -0.39 is 42.4 Å². The molecule has 1 aliphatic rings. The normalized spacial score (nSPS) is 19.5. The summed E-state index contributed by atoms with van der Waals surface area (Å²) in [4.78, 5) is 38.1. The Balaban J connectivity index is 1.31. The van der Waals surface area contributed by atoms with Crippen LogP contribution in [-0.4, -0.2) is 45.8 Å². The predicted octanol–water partition coefficient (Wildman–Crippen LogP) is 2.05. The van der Waals surface area contributed by atoms with Crippen molar-refractivity contribution >= 4 is 12.3 Å². The molecule has 35 heavy (non-hydrogen) atoms. The molecule has 0 saturated carbocycles. The second kappa shape index (κ2) is 10.8. The molecule has 11 nitrogen and oxygen atoms in total. The number of H-pyrrole nitrogens is 1. The van der Waals surface area contributed by atoms with Crippen LogP contribution in [0, 0.1) is 6.92 Å². The molecule has 1 aliphatic heterocycles. The molecule has 3 atom stereocenters. The molecular weight excluding hydrogens is 456 g/mol. The summed E-state index contributed by atoms with van der Waals surface area (Å²) in [5, 5.41) is 13.5. The molecule has 0 aliphatic carbocycles. The number of aromatic nitrogens is 2. The number of aliphatic hydroxyl groups is 1. The Bertz CT molecular complexity index is 1300. The first-order chi connectivity index (χ1) is 16.9. The molecule has 0 unspecified atom stereocenters. The number of rotatable bonds is 7. The lowest BCUT2D eigenvalue weighted by Crippen LogP contribution is -2.33. The zero-order chi connectivity index (χ0) is 24.8. The van der Waals surface area contributed by atoms with Crippen LogP contribution in [0.1, 0.15) is 23.8 Å². The fourth-order valence-corrected chi connectivity index (χ4v) is 3.53. The van der Waals surface area contributed by atoms with E-state index in [0.717, 1.165) is 11.3 Å². The second-order valence-corrected chi connectivity index (χ2v) is 7.82. The van der Waals surface area contributed by atoms with Crippen molar-refractivity contribution in [1.82, 2.24) is 15.0 Å². The number of aryl methyl sites for hydroxylation is 1. The van der Waals surface area contributed by atoms with Crippen molar-refractivity contribution in [2.24, 2.45) is 5.10 Å². The van der Waals surface area contributed by atoms with Gasteiger partial charge in [0.15, 0.2) is 0 Å². The van der Waals surface area contributed by atoms with Gasteiger partial charge in [0.2, 0.25) is 0 Å². The minimum absolute atomic E-state index is 0.108. The highest BCUT2D eigenvalue weighted by atomic mass is 16.6. The fourth-order valence-electron chi connectivity index (χ4n) is 3.53. The summed E-state index contributed by atoms with van der Waals surface area (Å²) < 4.78 is 17.9. The van der Waals surface area contributed by atoms with E-state index in [0.29, 0.717) is 11.3 Å². The van der Waals surface area contributed by atoms with Gasteiger partial charge in [0, 0.05) is 18.2 Å². The quantitative estimate of drug-likeness (QED) is 0.347. The number of ether oxygens (including phenoxy) is 3. The lowest BCUT2D eigenvalue weighted by Gasteiger charge is -2.16. The molecule has 0 spiro atoms. The summed E-state index contributed by atoms with van der Waals surface area (Å²) in [6.07, 6.45) is -0.413. The maximum atomic E-state index is 12.2. The average Bonchev–Trinajstić information content (AvgIpc) is 3.25. The number of nitrogens with one attached hydrogen (secondary N) is 2. The number of hydrazone groups is 1. The molecule has 4 rings (SSSR count). The Morgan fingerprint density at radius 1 is 1.20 bits per heavy atom. The fraction of sp³-hybridized carbons (Fsp3) is 0.250. The SMILES string of the molecule is Cc1cn([C@H]2C[C@H](OC(=O)N/N=C/c3ccc(Oc4ccccc4)cc3)[C@@H](CO)O2)c(=O)[nH]c1=O. The number of benzene rings is 2. The van der Waals surface area contributed by atoms with Crippen LogP contribution in [0.25, 0.3) is 0 Å². The highest BCUT2D eigenvalue weighted by Gasteiger charge is 2.39. The minimum Gasteiger partial charge on any atom is -0.457 e. The molecule has 3 N–H and O–H groups in total. The van der Waals surface area contributed by atoms with Gasteiger partial charge in [-0.1, -0.05) is 18.2 Å². The van der Waals surface area contributed by atoms with Crippen molar-refractivity contribution in [3.63, 3.8) is 0 Å². The number of carbonyl (C=O) groups excluding carboxylic acids is 1. The van der Waals surface area contributed by atoms with E-state index in [1.807, 2.05) is 30.3 Å². The number of para-hydroxylation sites is 1. The number of hydrogen-bond donors (Lipinski definition) is 3. The van der Waals surface area contributed by atoms with Gasteiger partial charge in [-0.3, -0.25) is 14.3 Å². The highest BCUT2D eigenvalue weighted by Crippen LogP contribution is 2.29. The summed E-state index contributed by atoms with van der Waals surface area (Å²) >= 11 is 0. The van der Waals surface area contributed by atoms with Gasteiger partial charge in [-0.05, 0) is 48.9 Å². The maximum Gasteiger partial charge on any atom is 0.428 e. The standard InChI is InChI=1S/C24H24N4O7/c1-15-13-28(23(31)26-22(15)30)21-11-19(20(14-29)34-21)35-24(32)27-25-12-16-7-9-18(10-8-16)33-17-5-3-2-4-6-17/h2-10,12-13,19-21,29H,11,14H2,1H3,(H,27,32)(H,26,30,31)/b25-12+/t19-,20+,21+/m0/s1. The van der Waals surface area contributed by atoms with Crippen LogP contribution in [-0.2, 0) is 9.47 Å². The zero-order valence-corrected chi connectivity index (χ0v) is 18.8. The van der Waals surface area contributed by atoms with Crippen LogP contribution in [0.5, 0.6) is 11.5 Å². The summed E-state index contributed by atoms with van der Waals surface area (Å²) in [6.45, 7) is 1.13. The molecule has 1 aromatic heterocycles. The Morgan fingerprint density at radius 2 is 1.91 bits per heavy atom. The first-order valence-electron chi connectivity index (χ1n) is 10.8. The van der Waals surface area contributed by atoms with Gasteiger partial charge >= 0.3 is 11.8 Å². The van der Waals surface area contributed by atoms with E-state index in [1.54, 1.807) is 31.2 Å². The smallest absolute Gasteiger partial charge is 0.428 e. The summed E-state index contributed by atoms with van der Waals surface area (Å²) in [5.41, 5.74) is 2.16. The summed E-state index contributed by atoms with van der Waals surface area (Å²) in [5.74, 6) is 1.38. The molecule has 182 valence electrons. The zero-order valence-electron chi connectivity index (χ0n) is 18.8. The molecule has 11 heteroatoms. The summed E-state index contributed by atoms with van der Waals surface area (Å²) in [7, 11) is 0. The lowest BCUT2D eigenvalue weighted by molar-refractivity contribution is -0.0484. The van der Waals surface area contributed by atoms with Gasteiger partial charge in [0.1, 0.15) is 29.9 Å². The third-order valence-electron chi connectivity index (χ3n) is 5.30. The Hall–Kier alpha value is -4.22. The minimum atomic E-state index is -0.844. The first kappa shape index (κ1) is 23.9. The van der Waals surface area contributed by atoms with E-state index in [2.05, 4.69) is 15.5 Å². The Kier molecular flexibility index (Phi) is 7.38. The Morgan fingerprint density at radius 3 is 2.63 bits per heavy atom. The average molecular weight is 480 g/mol. The maximum absolute atomic E-state index is 12.2. The second-order valence-electron chi connectivity index (χ2n) is 7.82. The van der Waals surface area contributed by atoms with Crippen molar-refractivity contribution in [3.05, 3.63) is 92.8 Å². The molecule has 3 aromatic rings. The van der Waals surface area contributed by atoms with Gasteiger partial charge < -0.3 is 19.3 Å². The number of aliphatic hydroxyl groups excluding tert-OH is 1. The predicted molar refractivity (Wildman–Crippen MR) is 126 cm³/mol. The van der Waals surface area contributed by atoms with Crippen molar-refractivity contribution in [3.8, 4) is 11.5 Å². The highest BCUT2D eigenvalue weighted by molar-refractivity contribution is 5.81. The third-order valence-corrected chi connectivity index (χ3v) is 5.30. The van der Waals surface area contributed by atoms with E-state index in [4.69, 9.17) is 14.2 Å². The molecule has 0 bridgehead atoms. The topological polar surface area (TPSA) is 144 Å². The van der Waals surface area contributed by atoms with Crippen molar-refractivity contribution < 1.29 is 24.1 Å². The van der Waals surface area contributed by atoms with Gasteiger partial charge in [-0.25, -0.2) is 15.0 Å². The van der Waals surface area contributed by atoms with E-state index in [1.165, 1.54) is 17.0 Å². The molecular formula is C24H24N4O7. The van der Waals surface area contributed by atoms with E-state index in [9.17, 15) is 19.5 Å². The van der Waals surface area contributed by atoms with Gasteiger partial charge in [-0.15, -0.1) is 0 Å². The van der Waals surface area contributed by atoms with Crippen LogP contribution in [0.2, 0.25) is 0 Å². The number of carbonyl (C=O) groups is 1. The first-order valence-corrected chi connectivity index (χ1v) is 10.8. The van der Waals surface area contributed by atoms with Crippen LogP contribution in [0.15, 0.2) is 75.5 Å². The monoisotopic (exact) mass is 480 g/mol. The molecule has 1 saturated heterocycles. The van der Waals surface area contributed by atoms with Crippen LogP contribution >= 0.6 is 0 Å². The van der Waals surface area contributed by atoms with E-state index >= 15 is 0 Å². The van der Waals surface area contributed by atoms with Crippen LogP contribution in [0.3, 0.4) is 0 Å². The van der Waals surface area contributed by atoms with Crippen LogP contribution in [0.4, 0.5) is 4.79 Å². The van der Waals surface area contributed by atoms with Crippen molar-refractivity contribution in [1.29, 1.82) is 0 Å². The molecule has 0 radical (unpaired) electrons. The van der Waals surface area contributed by atoms with Crippen molar-refractivity contribution in [2.75, 3.05) is 6.61 Å². The van der Waals surface area contributed by atoms with E-state index in [-0.39, 0.29) is 6.42 Å². The number of hydrogen-bond acceptors (Lipinski definition) is 8. The number of nitrogens with zero attached hydrogens (tertiary/aromatic N) is 2. The molecule has 2 aromatic carbocycles. The van der Waals surface area contributed by atoms with Crippen molar-refractivity contribution in [2.45, 2.75) is 31.8 Å².